The minimum Gasteiger partial charge on any atom is -0.168 e. The molecule has 0 saturated heterocycles. The molecule has 0 atom stereocenters. The maximum Gasteiger partial charge on any atom is -0.0809 e. The molecule has 0 saturated carbocycles. The average Bonchev–Trinajstić information content (AvgIpc) is 3.55. The predicted octanol–water partition coefficient (Wildman–Crippen LogP) is 7.36. The van der Waals surface area contributed by atoms with Crippen LogP contribution in [0.4, 0.5) is 0 Å². The summed E-state index contributed by atoms with van der Waals surface area (Å²) < 4.78 is 0. The molecule has 6 rings (SSSR count). The molecule has 0 aliphatic carbocycles. The maximum atomic E-state index is 2.34. The molecule has 0 bridgehead atoms. The van der Waals surface area contributed by atoms with E-state index in [-0.39, 0.29) is 14.9 Å². The Morgan fingerprint density at radius 2 is 0.794 bits per heavy atom. The van der Waals surface area contributed by atoms with Gasteiger partial charge in [0, 0.05) is 0 Å². The standard InChI is InChI=1S/C12H10Si.2C9H7.2CH3.Ti/c1-3-7-11(8-4-1)13-12-9-5-2-6-10-12;2*1-2-5-9-7-3-6-8(9)4-1;;;/h1-10H;2*1-7H;2*1H3;/q;4*-1;. The number of fused-ring (bicyclic) bond motifs is 2. The van der Waals surface area contributed by atoms with Gasteiger partial charge in [0.15, 0.2) is 0 Å². The second kappa shape index (κ2) is 14.3. The van der Waals surface area contributed by atoms with Gasteiger partial charge in [-0.2, -0.15) is 35.0 Å². The maximum absolute atomic E-state index is 2.34. The summed E-state index contributed by atoms with van der Waals surface area (Å²) in [5, 5.41) is 8.28. The third kappa shape index (κ3) is 7.53. The minimum atomic E-state index is -0.545. The smallest absolute Gasteiger partial charge is 0.0809 e. The van der Waals surface area contributed by atoms with Crippen LogP contribution >= 0.6 is 0 Å². The van der Waals surface area contributed by atoms with Crippen LogP contribution in [0.15, 0.2) is 146 Å². The van der Waals surface area contributed by atoms with Crippen LogP contribution in [-0.2, 0) is 19.2 Å². The van der Waals surface area contributed by atoms with Crippen molar-refractivity contribution < 1.29 is 19.2 Å². The number of hydrogen-bond donors (Lipinski definition) is 0. The Labute approximate surface area is 216 Å². The van der Waals surface area contributed by atoms with E-state index < -0.39 is 6.19 Å². The Morgan fingerprint density at radius 1 is 0.441 bits per heavy atom. The van der Waals surface area contributed by atoms with Crippen molar-refractivity contribution in [2.45, 2.75) is 0 Å². The molecule has 0 aliphatic heterocycles. The molecule has 2 heteroatoms. The molecule has 6 aromatic carbocycles. The minimum absolute atomic E-state index is 0. The van der Waals surface area contributed by atoms with Gasteiger partial charge in [0.25, 0.3) is 0 Å². The van der Waals surface area contributed by atoms with Crippen LogP contribution in [-0.4, -0.2) is 6.19 Å². The quantitative estimate of drug-likeness (QED) is 0.176. The fourth-order valence-electron chi connectivity index (χ4n) is 3.52. The largest absolute Gasteiger partial charge is 0.168 e. The Bertz CT molecular complexity index is 1210. The zero-order chi connectivity index (χ0) is 22.0. The molecule has 0 radical (unpaired) electrons. The van der Waals surface area contributed by atoms with E-state index in [1.807, 2.05) is 0 Å². The predicted molar refractivity (Wildman–Crippen MR) is 150 cm³/mol. The fraction of sp³-hybridized carbons (Fsp3) is 0. The first-order valence-electron chi connectivity index (χ1n) is 10.7. The molecule has 0 heterocycles. The SMILES string of the molecule is [CH3-].[CH3-].[Ti]=[Si](c1ccccc1)c1ccccc1.c1ccc2[cH-]ccc2c1.c1ccc2[cH-]ccc2c1. The van der Waals surface area contributed by atoms with Crippen molar-refractivity contribution in [1.82, 2.24) is 0 Å². The topological polar surface area (TPSA) is 0 Å². The molecule has 0 spiro atoms. The van der Waals surface area contributed by atoms with Crippen molar-refractivity contribution >= 4 is 38.1 Å². The van der Waals surface area contributed by atoms with Gasteiger partial charge >= 0.3 is 96.4 Å². The molecule has 170 valence electrons. The second-order valence-corrected chi connectivity index (χ2v) is 11.7. The summed E-state index contributed by atoms with van der Waals surface area (Å²) >= 11 is 2.34. The molecule has 0 unspecified atom stereocenters. The molecule has 0 aromatic heterocycles. The fourth-order valence-corrected chi connectivity index (χ4v) is 6.46. The number of rotatable bonds is 2. The van der Waals surface area contributed by atoms with Crippen LogP contribution in [0.5, 0.6) is 0 Å². The molecule has 0 aliphatic rings. The van der Waals surface area contributed by atoms with Crippen molar-refractivity contribution in [2.75, 3.05) is 0 Å². The zero-order valence-electron chi connectivity index (χ0n) is 19.9. The molecular weight excluding hydrogens is 460 g/mol. The molecule has 34 heavy (non-hydrogen) atoms. The monoisotopic (exact) mass is 490 g/mol. The Hall–Kier alpha value is -2.97. The van der Waals surface area contributed by atoms with Gasteiger partial charge in [0.1, 0.15) is 0 Å². The third-order valence-corrected chi connectivity index (χ3v) is 9.75. The normalized spacial score (nSPS) is 9.38. The summed E-state index contributed by atoms with van der Waals surface area (Å²) in [5.74, 6) is 0. The number of benzene rings is 4. The molecular formula is C32H30SiTi-4. The first-order chi connectivity index (χ1) is 15.8. The second-order valence-electron chi connectivity index (χ2n) is 7.42. The van der Waals surface area contributed by atoms with Crippen molar-refractivity contribution in [3.05, 3.63) is 160 Å². The van der Waals surface area contributed by atoms with Gasteiger partial charge in [0.05, 0.1) is 0 Å². The van der Waals surface area contributed by atoms with E-state index in [1.165, 1.54) is 31.9 Å². The molecule has 0 fully saturated rings. The molecule has 0 N–H and O–H groups in total. The van der Waals surface area contributed by atoms with Crippen molar-refractivity contribution in [3.8, 4) is 0 Å². The van der Waals surface area contributed by atoms with Crippen LogP contribution in [0, 0.1) is 14.9 Å². The van der Waals surface area contributed by atoms with Gasteiger partial charge < -0.3 is 14.9 Å². The van der Waals surface area contributed by atoms with Crippen LogP contribution in [0.1, 0.15) is 0 Å². The van der Waals surface area contributed by atoms with Crippen molar-refractivity contribution in [1.29, 1.82) is 0 Å². The van der Waals surface area contributed by atoms with E-state index in [0.717, 1.165) is 0 Å². The average molecular weight is 491 g/mol. The Balaban J connectivity index is 0.000000181. The molecule has 0 nitrogen and oxygen atoms in total. The van der Waals surface area contributed by atoms with Gasteiger partial charge in [-0.3, -0.25) is 0 Å². The van der Waals surface area contributed by atoms with Crippen LogP contribution in [0.3, 0.4) is 0 Å². The van der Waals surface area contributed by atoms with E-state index in [2.05, 4.69) is 165 Å². The van der Waals surface area contributed by atoms with Crippen molar-refractivity contribution in [3.63, 3.8) is 0 Å². The summed E-state index contributed by atoms with van der Waals surface area (Å²) in [6.45, 7) is 0. The van der Waals surface area contributed by atoms with E-state index in [4.69, 9.17) is 0 Å². The van der Waals surface area contributed by atoms with Gasteiger partial charge in [-0.1, -0.05) is 12.1 Å². The van der Waals surface area contributed by atoms with E-state index in [0.29, 0.717) is 0 Å². The van der Waals surface area contributed by atoms with Crippen LogP contribution in [0.2, 0.25) is 0 Å². The van der Waals surface area contributed by atoms with Crippen LogP contribution in [0.25, 0.3) is 21.5 Å². The third-order valence-electron chi connectivity index (χ3n) is 5.22. The summed E-state index contributed by atoms with van der Waals surface area (Å²) in [6.07, 6.45) is -0.545. The number of hydrogen-bond acceptors (Lipinski definition) is 0. The van der Waals surface area contributed by atoms with Gasteiger partial charge in [-0.15, -0.1) is 59.3 Å². The summed E-state index contributed by atoms with van der Waals surface area (Å²) in [6, 6.07) is 50.9. The van der Waals surface area contributed by atoms with E-state index >= 15 is 0 Å². The van der Waals surface area contributed by atoms with Crippen molar-refractivity contribution in [2.24, 2.45) is 0 Å². The summed E-state index contributed by atoms with van der Waals surface area (Å²) in [4.78, 5) is 0. The Morgan fingerprint density at radius 3 is 1.18 bits per heavy atom. The van der Waals surface area contributed by atoms with E-state index in [9.17, 15) is 0 Å². The van der Waals surface area contributed by atoms with Gasteiger partial charge in [-0.05, 0) is 0 Å². The van der Waals surface area contributed by atoms with Gasteiger partial charge in [0.2, 0.25) is 0 Å². The molecule has 0 amide bonds. The van der Waals surface area contributed by atoms with Crippen LogP contribution < -0.4 is 10.4 Å². The molecule has 6 aromatic rings. The zero-order valence-corrected chi connectivity index (χ0v) is 22.4. The Kier molecular flexibility index (Phi) is 11.5. The summed E-state index contributed by atoms with van der Waals surface area (Å²) in [5.41, 5.74) is 0. The first-order valence-corrected chi connectivity index (χ1v) is 14.6. The first kappa shape index (κ1) is 27.3. The van der Waals surface area contributed by atoms with E-state index in [1.54, 1.807) is 0 Å². The van der Waals surface area contributed by atoms with Gasteiger partial charge in [-0.25, -0.2) is 0 Å². The summed E-state index contributed by atoms with van der Waals surface area (Å²) in [7, 11) is 0.